The molecule has 6 heteroatoms. The Morgan fingerprint density at radius 3 is 2.80 bits per heavy atom. The zero-order chi connectivity index (χ0) is 14.3. The van der Waals surface area contributed by atoms with Gasteiger partial charge in [0.1, 0.15) is 5.82 Å². The highest BCUT2D eigenvalue weighted by Crippen LogP contribution is 2.41. The van der Waals surface area contributed by atoms with Gasteiger partial charge < -0.3 is 5.73 Å². The Balaban J connectivity index is 2.04. The van der Waals surface area contributed by atoms with Gasteiger partial charge in [0.2, 0.25) is 0 Å². The number of hydrogen-bond acceptors (Lipinski definition) is 4. The van der Waals surface area contributed by atoms with Gasteiger partial charge >= 0.3 is 0 Å². The second-order valence-corrected chi connectivity index (χ2v) is 5.66. The van der Waals surface area contributed by atoms with E-state index < -0.39 is 0 Å². The molecule has 2 N–H and O–H groups in total. The van der Waals surface area contributed by atoms with E-state index in [1.165, 1.54) is 12.1 Å². The topological polar surface area (TPSA) is 69.6 Å². The predicted molar refractivity (Wildman–Crippen MR) is 74.2 cm³/mol. The molecular formula is C14H18FN5. The Bertz CT molecular complexity index is 624. The van der Waals surface area contributed by atoms with Crippen LogP contribution in [0.5, 0.6) is 0 Å². The molecule has 0 radical (unpaired) electrons. The summed E-state index contributed by atoms with van der Waals surface area (Å²) < 4.78 is 15.3. The van der Waals surface area contributed by atoms with Crippen LogP contribution in [-0.2, 0) is 0 Å². The van der Waals surface area contributed by atoms with E-state index in [-0.39, 0.29) is 11.9 Å². The van der Waals surface area contributed by atoms with Crippen LogP contribution in [0.4, 0.5) is 10.1 Å². The summed E-state index contributed by atoms with van der Waals surface area (Å²) in [7, 11) is 0. The second-order valence-electron chi connectivity index (χ2n) is 5.66. The van der Waals surface area contributed by atoms with Crippen molar-refractivity contribution in [3.8, 4) is 11.4 Å². The summed E-state index contributed by atoms with van der Waals surface area (Å²) >= 11 is 0. The molecule has 20 heavy (non-hydrogen) atoms. The molecule has 1 heterocycles. The number of anilines is 1. The largest absolute Gasteiger partial charge is 0.398 e. The Hall–Kier alpha value is -1.98. The maximum Gasteiger partial charge on any atom is 0.184 e. The van der Waals surface area contributed by atoms with Gasteiger partial charge in [0.15, 0.2) is 5.82 Å². The SMILES string of the molecule is CC1CCC(n2nnnc2-c2cc(F)ccc2N)C1C. The van der Waals surface area contributed by atoms with Crippen LogP contribution in [0.25, 0.3) is 11.4 Å². The molecule has 1 saturated carbocycles. The van der Waals surface area contributed by atoms with Crippen LogP contribution in [-0.4, -0.2) is 20.2 Å². The predicted octanol–water partition coefficient (Wildman–Crippen LogP) is 2.67. The van der Waals surface area contributed by atoms with Gasteiger partial charge in [0.25, 0.3) is 0 Å². The number of nitrogen functional groups attached to an aromatic ring is 1. The standard InChI is InChI=1S/C14H18FN5/c1-8-3-6-13(9(8)2)20-14(17-18-19-20)11-7-10(15)4-5-12(11)16/h4-5,7-9,13H,3,6,16H2,1-2H3. The molecule has 0 bridgehead atoms. The van der Waals surface area contributed by atoms with Gasteiger partial charge in [0.05, 0.1) is 6.04 Å². The molecule has 3 atom stereocenters. The lowest BCUT2D eigenvalue weighted by Gasteiger charge is -2.19. The smallest absolute Gasteiger partial charge is 0.184 e. The van der Waals surface area contributed by atoms with E-state index in [4.69, 9.17) is 5.73 Å². The average molecular weight is 275 g/mol. The highest BCUT2D eigenvalue weighted by Gasteiger charge is 2.33. The minimum Gasteiger partial charge on any atom is -0.398 e. The molecule has 0 aliphatic heterocycles. The molecule has 3 rings (SSSR count). The van der Waals surface area contributed by atoms with Crippen molar-refractivity contribution in [1.29, 1.82) is 0 Å². The molecule has 1 fully saturated rings. The van der Waals surface area contributed by atoms with Gasteiger partial charge in [-0.05, 0) is 53.3 Å². The maximum absolute atomic E-state index is 13.5. The van der Waals surface area contributed by atoms with Crippen LogP contribution in [0.3, 0.4) is 0 Å². The van der Waals surface area contributed by atoms with Crippen molar-refractivity contribution in [3.63, 3.8) is 0 Å². The zero-order valence-electron chi connectivity index (χ0n) is 11.6. The first kappa shape index (κ1) is 13.0. The number of nitrogens with zero attached hydrogens (tertiary/aromatic N) is 4. The number of nitrogens with two attached hydrogens (primary N) is 1. The quantitative estimate of drug-likeness (QED) is 0.855. The minimum absolute atomic E-state index is 0.248. The fourth-order valence-corrected chi connectivity index (χ4v) is 3.00. The Morgan fingerprint density at radius 2 is 2.10 bits per heavy atom. The third-order valence-corrected chi connectivity index (χ3v) is 4.49. The molecule has 5 nitrogen and oxygen atoms in total. The molecule has 0 amide bonds. The lowest BCUT2D eigenvalue weighted by Crippen LogP contribution is -2.17. The van der Waals surface area contributed by atoms with Crippen molar-refractivity contribution in [2.45, 2.75) is 32.7 Å². The number of rotatable bonds is 2. The second kappa shape index (κ2) is 4.85. The van der Waals surface area contributed by atoms with Crippen molar-refractivity contribution in [2.75, 3.05) is 5.73 Å². The molecule has 2 aromatic rings. The van der Waals surface area contributed by atoms with Gasteiger partial charge in [-0.15, -0.1) is 5.10 Å². The molecule has 1 aliphatic rings. The summed E-state index contributed by atoms with van der Waals surface area (Å²) in [5.74, 6) is 1.35. The summed E-state index contributed by atoms with van der Waals surface area (Å²) in [4.78, 5) is 0. The normalized spacial score (nSPS) is 26.1. The van der Waals surface area contributed by atoms with Crippen LogP contribution in [0, 0.1) is 17.7 Å². The maximum atomic E-state index is 13.5. The summed E-state index contributed by atoms with van der Waals surface area (Å²) in [5.41, 5.74) is 6.98. The third kappa shape index (κ3) is 2.05. The third-order valence-electron chi connectivity index (χ3n) is 4.49. The fraction of sp³-hybridized carbons (Fsp3) is 0.500. The van der Waals surface area contributed by atoms with Gasteiger partial charge in [-0.1, -0.05) is 13.8 Å². The zero-order valence-corrected chi connectivity index (χ0v) is 11.6. The van der Waals surface area contributed by atoms with Gasteiger partial charge in [-0.3, -0.25) is 0 Å². The summed E-state index contributed by atoms with van der Waals surface area (Å²) in [6, 6.07) is 4.52. The average Bonchev–Trinajstić information content (AvgIpc) is 3.01. The summed E-state index contributed by atoms with van der Waals surface area (Å²) in [6.07, 6.45) is 2.19. The van der Waals surface area contributed by atoms with Crippen LogP contribution in [0.15, 0.2) is 18.2 Å². The van der Waals surface area contributed by atoms with E-state index in [1.54, 1.807) is 10.7 Å². The van der Waals surface area contributed by atoms with E-state index in [0.29, 0.717) is 28.9 Å². The molecule has 0 spiro atoms. The first-order valence-corrected chi connectivity index (χ1v) is 6.91. The molecule has 3 unspecified atom stereocenters. The van der Waals surface area contributed by atoms with Gasteiger partial charge in [-0.2, -0.15) is 0 Å². The number of benzene rings is 1. The number of aromatic nitrogens is 4. The summed E-state index contributed by atoms with van der Waals surface area (Å²) in [6.45, 7) is 4.45. The van der Waals surface area contributed by atoms with Crippen LogP contribution >= 0.6 is 0 Å². The molecule has 106 valence electrons. The van der Waals surface area contributed by atoms with E-state index in [2.05, 4.69) is 29.4 Å². The van der Waals surface area contributed by atoms with E-state index in [0.717, 1.165) is 12.8 Å². The van der Waals surface area contributed by atoms with Crippen molar-refractivity contribution >= 4 is 5.69 Å². The molecule has 1 aromatic carbocycles. The van der Waals surface area contributed by atoms with Crippen molar-refractivity contribution in [3.05, 3.63) is 24.0 Å². The van der Waals surface area contributed by atoms with E-state index in [9.17, 15) is 4.39 Å². The molecular weight excluding hydrogens is 257 g/mol. The van der Waals surface area contributed by atoms with Crippen molar-refractivity contribution in [2.24, 2.45) is 11.8 Å². The highest BCUT2D eigenvalue weighted by molar-refractivity contribution is 5.71. The van der Waals surface area contributed by atoms with Crippen LogP contribution in [0.1, 0.15) is 32.7 Å². The summed E-state index contributed by atoms with van der Waals surface area (Å²) in [5, 5.41) is 11.9. The molecule has 1 aromatic heterocycles. The first-order valence-electron chi connectivity index (χ1n) is 6.91. The lowest BCUT2D eigenvalue weighted by molar-refractivity contribution is 0.328. The Morgan fingerprint density at radius 1 is 1.30 bits per heavy atom. The Kier molecular flexibility index (Phi) is 3.16. The highest BCUT2D eigenvalue weighted by atomic mass is 19.1. The van der Waals surface area contributed by atoms with Crippen LogP contribution in [0.2, 0.25) is 0 Å². The fourth-order valence-electron chi connectivity index (χ4n) is 3.00. The number of hydrogen-bond donors (Lipinski definition) is 1. The van der Waals surface area contributed by atoms with Crippen molar-refractivity contribution in [1.82, 2.24) is 20.2 Å². The monoisotopic (exact) mass is 275 g/mol. The number of halogens is 1. The van der Waals surface area contributed by atoms with Crippen molar-refractivity contribution < 1.29 is 4.39 Å². The minimum atomic E-state index is -0.336. The van der Waals surface area contributed by atoms with E-state index in [1.807, 2.05) is 0 Å². The van der Waals surface area contributed by atoms with Gasteiger partial charge in [0, 0.05) is 11.3 Å². The van der Waals surface area contributed by atoms with Crippen LogP contribution < -0.4 is 5.73 Å². The molecule has 0 saturated heterocycles. The van der Waals surface area contributed by atoms with Gasteiger partial charge in [-0.25, -0.2) is 9.07 Å². The first-order chi connectivity index (χ1) is 9.58. The Labute approximate surface area is 117 Å². The van der Waals surface area contributed by atoms with E-state index >= 15 is 0 Å². The molecule has 1 aliphatic carbocycles. The lowest BCUT2D eigenvalue weighted by atomic mass is 9.97. The number of tetrazole rings is 1.